The van der Waals surface area contributed by atoms with E-state index >= 15 is 0 Å². The van der Waals surface area contributed by atoms with Gasteiger partial charge in [-0.05, 0) is 5.92 Å². The number of hydrogen-bond donors (Lipinski definition) is 7. The van der Waals surface area contributed by atoms with Crippen LogP contribution in [0.4, 0.5) is 0 Å². The summed E-state index contributed by atoms with van der Waals surface area (Å²) < 4.78 is 0. The Hall–Kier alpha value is -2.34. The molecule has 0 aromatic heterocycles. The molecule has 0 bridgehead atoms. The second-order valence-corrected chi connectivity index (χ2v) is 6.23. The molecule has 0 aromatic carbocycles. The van der Waals surface area contributed by atoms with Crippen LogP contribution in [0.1, 0.15) is 20.3 Å². The molecular formula is C14H25N5O6S. The zero-order valence-corrected chi connectivity index (χ0v) is 15.4. The van der Waals surface area contributed by atoms with Gasteiger partial charge in [0.15, 0.2) is 0 Å². The zero-order valence-electron chi connectivity index (χ0n) is 14.5. The second-order valence-electron chi connectivity index (χ2n) is 5.87. The lowest BCUT2D eigenvalue weighted by Crippen LogP contribution is -2.56. The number of nitrogens with one attached hydrogen (secondary N) is 3. The van der Waals surface area contributed by atoms with E-state index in [0.717, 1.165) is 0 Å². The molecule has 11 nitrogen and oxygen atoms in total. The highest BCUT2D eigenvalue weighted by molar-refractivity contribution is 7.80. The van der Waals surface area contributed by atoms with Gasteiger partial charge in [-0.1, -0.05) is 13.8 Å². The normalized spacial score (nSPS) is 14.0. The topological polar surface area (TPSA) is 194 Å². The van der Waals surface area contributed by atoms with Gasteiger partial charge >= 0.3 is 5.97 Å². The molecule has 3 atom stereocenters. The van der Waals surface area contributed by atoms with Crippen LogP contribution in [-0.2, 0) is 24.0 Å². The number of aliphatic carboxylic acids is 1. The average molecular weight is 391 g/mol. The summed E-state index contributed by atoms with van der Waals surface area (Å²) >= 11 is 3.86. The van der Waals surface area contributed by atoms with Crippen LogP contribution in [-0.4, -0.2) is 65.1 Å². The molecule has 0 radical (unpaired) electrons. The third-order valence-electron chi connectivity index (χ3n) is 3.24. The Morgan fingerprint density at radius 3 is 2.08 bits per heavy atom. The van der Waals surface area contributed by atoms with Crippen LogP contribution in [0.25, 0.3) is 0 Å². The fraction of sp³-hybridized carbons (Fsp3) is 0.643. The van der Waals surface area contributed by atoms with Crippen molar-refractivity contribution in [1.82, 2.24) is 16.0 Å². The lowest BCUT2D eigenvalue weighted by molar-refractivity contribution is -0.144. The van der Waals surface area contributed by atoms with E-state index in [1.807, 2.05) is 0 Å². The predicted octanol–water partition coefficient (Wildman–Crippen LogP) is -3.05. The Morgan fingerprint density at radius 2 is 1.65 bits per heavy atom. The van der Waals surface area contributed by atoms with Crippen LogP contribution >= 0.6 is 12.6 Å². The van der Waals surface area contributed by atoms with Crippen molar-refractivity contribution in [1.29, 1.82) is 0 Å². The highest BCUT2D eigenvalue weighted by Gasteiger charge is 2.29. The number of rotatable bonds is 11. The largest absolute Gasteiger partial charge is 0.480 e. The van der Waals surface area contributed by atoms with E-state index in [1.165, 1.54) is 0 Å². The minimum absolute atomic E-state index is 0.0981. The van der Waals surface area contributed by atoms with E-state index in [1.54, 1.807) is 13.8 Å². The Bertz CT molecular complexity index is 556. The van der Waals surface area contributed by atoms with Crippen molar-refractivity contribution in [3.8, 4) is 0 Å². The van der Waals surface area contributed by atoms with Crippen molar-refractivity contribution in [3.63, 3.8) is 0 Å². The first-order valence-corrected chi connectivity index (χ1v) is 8.37. The summed E-state index contributed by atoms with van der Waals surface area (Å²) in [5.41, 5.74) is 10.4. The first-order chi connectivity index (χ1) is 12.0. The molecule has 0 aliphatic rings. The number of carboxylic acid groups (broad SMARTS) is 1. The molecule has 148 valence electrons. The number of thiol groups is 1. The second kappa shape index (κ2) is 11.3. The fourth-order valence-corrected chi connectivity index (χ4v) is 1.97. The summed E-state index contributed by atoms with van der Waals surface area (Å²) in [4.78, 5) is 57.6. The number of amides is 4. The first-order valence-electron chi connectivity index (χ1n) is 7.74. The lowest BCUT2D eigenvalue weighted by Gasteiger charge is -2.24. The van der Waals surface area contributed by atoms with Gasteiger partial charge in [0, 0.05) is 5.75 Å². The Labute approximate surface area is 156 Å². The molecule has 0 aromatic rings. The Morgan fingerprint density at radius 1 is 1.08 bits per heavy atom. The fourth-order valence-electron chi connectivity index (χ4n) is 1.80. The Kier molecular flexibility index (Phi) is 10.3. The number of carboxylic acids is 1. The van der Waals surface area contributed by atoms with E-state index in [2.05, 4.69) is 28.6 Å². The summed E-state index contributed by atoms with van der Waals surface area (Å²) in [6.45, 7) is 2.84. The number of primary amides is 1. The van der Waals surface area contributed by atoms with Gasteiger partial charge in [0.05, 0.1) is 19.0 Å². The monoisotopic (exact) mass is 391 g/mol. The van der Waals surface area contributed by atoms with Crippen LogP contribution in [0, 0.1) is 5.92 Å². The SMILES string of the molecule is CC(C)C(NC(=O)CNC(=O)C(N)CS)C(=O)NC(CC(N)=O)C(=O)O. The molecule has 0 spiro atoms. The molecule has 0 aliphatic carbocycles. The number of carbonyl (C=O) groups excluding carboxylic acids is 4. The maximum Gasteiger partial charge on any atom is 0.326 e. The summed E-state index contributed by atoms with van der Waals surface area (Å²) in [5.74, 6) is -4.66. The summed E-state index contributed by atoms with van der Waals surface area (Å²) in [6.07, 6.45) is -0.586. The van der Waals surface area contributed by atoms with Crippen LogP contribution in [0.15, 0.2) is 0 Å². The molecule has 0 saturated heterocycles. The molecule has 0 saturated carbocycles. The standard InChI is InChI=1S/C14H25N5O6S/c1-6(2)11(13(23)18-8(14(24)25)3-9(16)20)19-10(21)4-17-12(22)7(15)5-26/h6-8,11,26H,3-5,15H2,1-2H3,(H2,16,20)(H,17,22)(H,18,23)(H,19,21)(H,24,25). The van der Waals surface area contributed by atoms with Gasteiger partial charge in [-0.25, -0.2) is 4.79 Å². The van der Waals surface area contributed by atoms with E-state index in [4.69, 9.17) is 16.6 Å². The molecule has 3 unspecified atom stereocenters. The van der Waals surface area contributed by atoms with Crippen molar-refractivity contribution in [2.75, 3.05) is 12.3 Å². The van der Waals surface area contributed by atoms with Gasteiger partial charge in [-0.3, -0.25) is 19.2 Å². The van der Waals surface area contributed by atoms with Crippen molar-refractivity contribution in [2.24, 2.45) is 17.4 Å². The third kappa shape index (κ3) is 8.67. The van der Waals surface area contributed by atoms with Gasteiger partial charge in [0.1, 0.15) is 12.1 Å². The molecular weight excluding hydrogens is 366 g/mol. The van der Waals surface area contributed by atoms with Gasteiger partial charge < -0.3 is 32.5 Å². The van der Waals surface area contributed by atoms with Crippen LogP contribution < -0.4 is 27.4 Å². The van der Waals surface area contributed by atoms with Gasteiger partial charge in [-0.15, -0.1) is 0 Å². The van der Waals surface area contributed by atoms with Crippen molar-refractivity contribution < 1.29 is 29.1 Å². The molecule has 4 amide bonds. The van der Waals surface area contributed by atoms with Crippen molar-refractivity contribution in [2.45, 2.75) is 38.4 Å². The van der Waals surface area contributed by atoms with Gasteiger partial charge in [-0.2, -0.15) is 12.6 Å². The number of hydrogen-bond acceptors (Lipinski definition) is 7. The van der Waals surface area contributed by atoms with Crippen LogP contribution in [0.3, 0.4) is 0 Å². The molecule has 0 heterocycles. The number of carbonyl (C=O) groups is 5. The third-order valence-corrected chi connectivity index (χ3v) is 3.64. The minimum atomic E-state index is -1.51. The lowest BCUT2D eigenvalue weighted by atomic mass is 10.0. The molecule has 26 heavy (non-hydrogen) atoms. The maximum absolute atomic E-state index is 12.3. The predicted molar refractivity (Wildman–Crippen MR) is 95.0 cm³/mol. The van der Waals surface area contributed by atoms with Crippen LogP contribution in [0.2, 0.25) is 0 Å². The van der Waals surface area contributed by atoms with Crippen molar-refractivity contribution >= 4 is 42.2 Å². The number of nitrogens with two attached hydrogens (primary N) is 2. The highest BCUT2D eigenvalue weighted by atomic mass is 32.1. The van der Waals surface area contributed by atoms with E-state index in [0.29, 0.717) is 0 Å². The summed E-state index contributed by atoms with van der Waals surface area (Å²) in [7, 11) is 0. The van der Waals surface area contributed by atoms with E-state index < -0.39 is 66.6 Å². The molecule has 0 fully saturated rings. The summed E-state index contributed by atoms with van der Waals surface area (Å²) in [5, 5.41) is 15.9. The van der Waals surface area contributed by atoms with Crippen LogP contribution in [0.5, 0.6) is 0 Å². The van der Waals surface area contributed by atoms with E-state index in [9.17, 15) is 24.0 Å². The average Bonchev–Trinajstić information content (AvgIpc) is 2.54. The molecule has 12 heteroatoms. The Balaban J connectivity index is 4.83. The minimum Gasteiger partial charge on any atom is -0.480 e. The molecule has 0 aliphatic heterocycles. The smallest absolute Gasteiger partial charge is 0.326 e. The van der Waals surface area contributed by atoms with Gasteiger partial charge in [0.2, 0.25) is 23.6 Å². The van der Waals surface area contributed by atoms with Gasteiger partial charge in [0.25, 0.3) is 0 Å². The quantitative estimate of drug-likeness (QED) is 0.182. The van der Waals surface area contributed by atoms with E-state index in [-0.39, 0.29) is 5.75 Å². The molecule has 8 N–H and O–H groups in total. The first kappa shape index (κ1) is 23.7. The molecule has 0 rings (SSSR count). The maximum atomic E-state index is 12.3. The highest BCUT2D eigenvalue weighted by Crippen LogP contribution is 2.03. The van der Waals surface area contributed by atoms with Crippen molar-refractivity contribution in [3.05, 3.63) is 0 Å². The zero-order chi connectivity index (χ0) is 20.4. The summed E-state index contributed by atoms with van der Waals surface area (Å²) in [6, 6.07) is -3.46.